The summed E-state index contributed by atoms with van der Waals surface area (Å²) in [5.41, 5.74) is 2.18. The molecule has 1 aliphatic rings. The number of halogens is 1. The molecule has 16 heavy (non-hydrogen) atoms. The predicted octanol–water partition coefficient (Wildman–Crippen LogP) is 2.93. The monoisotopic (exact) mass is 279 g/mol. The Hall–Kier alpha value is -1.03. The van der Waals surface area contributed by atoms with E-state index in [-0.39, 0.29) is 0 Å². The van der Waals surface area contributed by atoms with Crippen LogP contribution >= 0.6 is 15.9 Å². The van der Waals surface area contributed by atoms with Crippen LogP contribution in [0.4, 0.5) is 5.95 Å². The maximum Gasteiger partial charge on any atom is 0.203 e. The molecule has 0 unspecified atom stereocenters. The minimum atomic E-state index is 0.674. The average molecular weight is 280 g/mol. The van der Waals surface area contributed by atoms with Crippen molar-refractivity contribution in [1.82, 2.24) is 9.97 Å². The summed E-state index contributed by atoms with van der Waals surface area (Å²) in [7, 11) is 0. The number of fused-ring (bicyclic) bond motifs is 1. The van der Waals surface area contributed by atoms with Crippen molar-refractivity contribution < 1.29 is 0 Å². The van der Waals surface area contributed by atoms with Gasteiger partial charge in [0.2, 0.25) is 5.95 Å². The lowest BCUT2D eigenvalue weighted by atomic mass is 10.1. The summed E-state index contributed by atoms with van der Waals surface area (Å²) < 4.78 is 0. The lowest BCUT2D eigenvalue weighted by Gasteiger charge is -2.28. The molecular weight excluding hydrogens is 266 g/mol. The lowest BCUT2D eigenvalue weighted by molar-refractivity contribution is 0.589. The van der Waals surface area contributed by atoms with Gasteiger partial charge in [0.05, 0.1) is 11.0 Å². The Morgan fingerprint density at radius 2 is 2.00 bits per heavy atom. The van der Waals surface area contributed by atoms with Crippen molar-refractivity contribution in [3.05, 3.63) is 24.3 Å². The number of nitrogens with zero attached hydrogens (tertiary/aromatic N) is 2. The van der Waals surface area contributed by atoms with Gasteiger partial charge in [-0.05, 0) is 25.0 Å². The molecule has 0 atom stereocenters. The van der Waals surface area contributed by atoms with Gasteiger partial charge in [0.25, 0.3) is 0 Å². The first-order valence-corrected chi connectivity index (χ1v) is 6.58. The number of aromatic nitrogens is 2. The summed E-state index contributed by atoms with van der Waals surface area (Å²) in [6.07, 6.45) is 2.38. The Morgan fingerprint density at radius 3 is 2.75 bits per heavy atom. The van der Waals surface area contributed by atoms with Crippen LogP contribution in [0.3, 0.4) is 0 Å². The zero-order valence-electron chi connectivity index (χ0n) is 8.99. The van der Waals surface area contributed by atoms with Crippen LogP contribution in [0.1, 0.15) is 12.8 Å². The van der Waals surface area contributed by atoms with Gasteiger partial charge in [-0.3, -0.25) is 0 Å². The first-order valence-electron chi connectivity index (χ1n) is 5.67. The number of imidazole rings is 1. The van der Waals surface area contributed by atoms with Gasteiger partial charge in [-0.25, -0.2) is 4.98 Å². The van der Waals surface area contributed by atoms with Crippen molar-refractivity contribution in [2.45, 2.75) is 17.7 Å². The highest BCUT2D eigenvalue weighted by molar-refractivity contribution is 9.09. The third-order valence-electron chi connectivity index (χ3n) is 3.10. The fourth-order valence-electron chi connectivity index (χ4n) is 2.15. The number of aromatic amines is 1. The fourth-order valence-corrected chi connectivity index (χ4v) is 2.56. The lowest BCUT2D eigenvalue weighted by Crippen LogP contribution is -2.34. The van der Waals surface area contributed by atoms with Crippen LogP contribution in [0, 0.1) is 0 Å². The molecule has 3 nitrogen and oxygen atoms in total. The predicted molar refractivity (Wildman–Crippen MR) is 70.3 cm³/mol. The maximum atomic E-state index is 4.62. The summed E-state index contributed by atoms with van der Waals surface area (Å²) in [5, 5.41) is 0. The average Bonchev–Trinajstić information content (AvgIpc) is 2.73. The summed E-state index contributed by atoms with van der Waals surface area (Å²) >= 11 is 3.67. The Morgan fingerprint density at radius 1 is 1.25 bits per heavy atom. The molecule has 3 rings (SSSR count). The van der Waals surface area contributed by atoms with Gasteiger partial charge in [-0.2, -0.15) is 0 Å². The zero-order chi connectivity index (χ0) is 11.0. The molecule has 0 spiro atoms. The van der Waals surface area contributed by atoms with Gasteiger partial charge >= 0.3 is 0 Å². The van der Waals surface area contributed by atoms with E-state index >= 15 is 0 Å². The van der Waals surface area contributed by atoms with E-state index < -0.39 is 0 Å². The summed E-state index contributed by atoms with van der Waals surface area (Å²) in [6.45, 7) is 2.16. The standard InChI is InChI=1S/C12H14BrN3/c13-9-5-7-16(8-6-9)12-14-10-3-1-2-4-11(10)15-12/h1-4,9H,5-8H2,(H,14,15). The van der Waals surface area contributed by atoms with Crippen molar-refractivity contribution >= 4 is 32.9 Å². The maximum absolute atomic E-state index is 4.62. The second-order valence-corrected chi connectivity index (χ2v) is 5.53. The number of anilines is 1. The van der Waals surface area contributed by atoms with E-state index in [2.05, 4.69) is 36.9 Å². The molecule has 1 aliphatic heterocycles. The molecule has 1 aromatic carbocycles. The Bertz CT molecular complexity index is 453. The second-order valence-electron chi connectivity index (χ2n) is 4.24. The molecule has 4 heteroatoms. The first kappa shape index (κ1) is 10.1. The van der Waals surface area contributed by atoms with Gasteiger partial charge < -0.3 is 9.88 Å². The number of alkyl halides is 1. The largest absolute Gasteiger partial charge is 0.342 e. The Kier molecular flexibility index (Phi) is 2.59. The van der Waals surface area contributed by atoms with E-state index in [9.17, 15) is 0 Å². The number of H-pyrrole nitrogens is 1. The molecule has 0 amide bonds. The summed E-state index contributed by atoms with van der Waals surface area (Å²) in [5.74, 6) is 1.01. The molecule has 1 aromatic heterocycles. The van der Waals surface area contributed by atoms with E-state index in [1.165, 1.54) is 12.8 Å². The minimum Gasteiger partial charge on any atom is -0.342 e. The van der Waals surface area contributed by atoms with Gasteiger partial charge in [-0.1, -0.05) is 28.1 Å². The number of hydrogen-bond acceptors (Lipinski definition) is 2. The SMILES string of the molecule is BrC1CCN(c2nc3ccccc3[nH]2)CC1. The first-order chi connectivity index (χ1) is 7.83. The van der Waals surface area contributed by atoms with E-state index in [1.54, 1.807) is 0 Å². The van der Waals surface area contributed by atoms with Crippen molar-refractivity contribution in [2.24, 2.45) is 0 Å². The van der Waals surface area contributed by atoms with Crippen molar-refractivity contribution in [2.75, 3.05) is 18.0 Å². The molecule has 1 saturated heterocycles. The van der Waals surface area contributed by atoms with Crippen molar-refractivity contribution in [3.8, 4) is 0 Å². The Balaban J connectivity index is 1.88. The zero-order valence-corrected chi connectivity index (χ0v) is 10.6. The fraction of sp³-hybridized carbons (Fsp3) is 0.417. The number of benzene rings is 1. The highest BCUT2D eigenvalue weighted by Crippen LogP contribution is 2.23. The van der Waals surface area contributed by atoms with Crippen LogP contribution in [0.25, 0.3) is 11.0 Å². The van der Waals surface area contributed by atoms with Crippen LogP contribution < -0.4 is 4.90 Å². The smallest absolute Gasteiger partial charge is 0.203 e. The number of para-hydroxylation sites is 2. The van der Waals surface area contributed by atoms with E-state index in [0.717, 1.165) is 30.1 Å². The molecule has 2 heterocycles. The van der Waals surface area contributed by atoms with E-state index in [0.29, 0.717) is 4.83 Å². The van der Waals surface area contributed by atoms with Crippen LogP contribution in [0.5, 0.6) is 0 Å². The number of piperidine rings is 1. The van der Waals surface area contributed by atoms with E-state index in [1.807, 2.05) is 18.2 Å². The van der Waals surface area contributed by atoms with Crippen LogP contribution in [0.2, 0.25) is 0 Å². The number of nitrogens with one attached hydrogen (secondary N) is 1. The van der Waals surface area contributed by atoms with Crippen LogP contribution in [-0.4, -0.2) is 27.9 Å². The summed E-state index contributed by atoms with van der Waals surface area (Å²) in [6, 6.07) is 8.18. The van der Waals surface area contributed by atoms with Gasteiger partial charge in [0, 0.05) is 17.9 Å². The molecule has 1 fully saturated rings. The third-order valence-corrected chi connectivity index (χ3v) is 4.02. The molecule has 0 aliphatic carbocycles. The van der Waals surface area contributed by atoms with Gasteiger partial charge in [-0.15, -0.1) is 0 Å². The van der Waals surface area contributed by atoms with E-state index in [4.69, 9.17) is 0 Å². The minimum absolute atomic E-state index is 0.674. The summed E-state index contributed by atoms with van der Waals surface area (Å²) in [4.78, 5) is 11.0. The molecule has 2 aromatic rings. The molecule has 0 radical (unpaired) electrons. The van der Waals surface area contributed by atoms with Crippen molar-refractivity contribution in [3.63, 3.8) is 0 Å². The molecular formula is C12H14BrN3. The Labute approximate surface area is 103 Å². The normalized spacial score (nSPS) is 18.2. The second kappa shape index (κ2) is 4.09. The van der Waals surface area contributed by atoms with Crippen LogP contribution in [-0.2, 0) is 0 Å². The van der Waals surface area contributed by atoms with Crippen LogP contribution in [0.15, 0.2) is 24.3 Å². The molecule has 1 N–H and O–H groups in total. The topological polar surface area (TPSA) is 31.9 Å². The highest BCUT2D eigenvalue weighted by Gasteiger charge is 2.19. The number of hydrogen-bond donors (Lipinski definition) is 1. The van der Waals surface area contributed by atoms with Gasteiger partial charge in [0.1, 0.15) is 0 Å². The number of rotatable bonds is 1. The molecule has 84 valence electrons. The highest BCUT2D eigenvalue weighted by atomic mass is 79.9. The molecule has 0 bridgehead atoms. The quantitative estimate of drug-likeness (QED) is 0.814. The van der Waals surface area contributed by atoms with Crippen molar-refractivity contribution in [1.29, 1.82) is 0 Å². The molecule has 0 saturated carbocycles. The third kappa shape index (κ3) is 1.82. The van der Waals surface area contributed by atoms with Gasteiger partial charge in [0.15, 0.2) is 0 Å².